The van der Waals surface area contributed by atoms with Gasteiger partial charge in [0.2, 0.25) is 0 Å². The maximum atomic E-state index is 13.2. The van der Waals surface area contributed by atoms with E-state index in [-0.39, 0.29) is 6.04 Å². The highest BCUT2D eigenvalue weighted by molar-refractivity contribution is 5.19. The van der Waals surface area contributed by atoms with Gasteiger partial charge in [0, 0.05) is 25.0 Å². The van der Waals surface area contributed by atoms with Gasteiger partial charge in [-0.15, -0.1) is 0 Å². The monoisotopic (exact) mass is 280 g/mol. The molecule has 1 unspecified atom stereocenters. The van der Waals surface area contributed by atoms with Gasteiger partial charge in [-0.1, -0.05) is 6.07 Å². The molecule has 6 heteroatoms. The molecular weight excluding hydrogens is 262 g/mol. The van der Waals surface area contributed by atoms with Crippen LogP contribution in [0.25, 0.3) is 0 Å². The number of aryl methyl sites for hydroxylation is 2. The Morgan fingerprint density at radius 3 is 2.70 bits per heavy atom. The zero-order valence-corrected chi connectivity index (χ0v) is 11.3. The lowest BCUT2D eigenvalue weighted by Crippen LogP contribution is -2.37. The van der Waals surface area contributed by atoms with Gasteiger partial charge < -0.3 is 0 Å². The third-order valence-electron chi connectivity index (χ3n) is 3.37. The predicted octanol–water partition coefficient (Wildman–Crippen LogP) is 1.71. The minimum atomic E-state index is -0.833. The molecule has 20 heavy (non-hydrogen) atoms. The summed E-state index contributed by atoms with van der Waals surface area (Å²) < 4.78 is 27.8. The molecule has 0 spiro atoms. The van der Waals surface area contributed by atoms with Crippen LogP contribution in [0.15, 0.2) is 30.5 Å². The van der Waals surface area contributed by atoms with Crippen LogP contribution in [-0.4, -0.2) is 15.8 Å². The van der Waals surface area contributed by atoms with Crippen LogP contribution in [0.2, 0.25) is 0 Å². The molecule has 0 saturated carbocycles. The van der Waals surface area contributed by atoms with Crippen LogP contribution in [0.4, 0.5) is 8.78 Å². The fourth-order valence-electron chi connectivity index (χ4n) is 2.16. The van der Waals surface area contributed by atoms with E-state index in [0.29, 0.717) is 6.42 Å². The van der Waals surface area contributed by atoms with Crippen LogP contribution in [0.1, 0.15) is 17.7 Å². The Hall–Kier alpha value is -1.79. The molecular formula is C14H18F2N4. The number of nitrogens with one attached hydrogen (secondary N) is 1. The maximum absolute atomic E-state index is 13.2. The zero-order valence-electron chi connectivity index (χ0n) is 11.3. The highest BCUT2D eigenvalue weighted by Crippen LogP contribution is 2.13. The van der Waals surface area contributed by atoms with E-state index in [4.69, 9.17) is 5.84 Å². The van der Waals surface area contributed by atoms with Gasteiger partial charge in [-0.25, -0.2) is 8.78 Å². The summed E-state index contributed by atoms with van der Waals surface area (Å²) in [5.74, 6) is 3.86. The zero-order chi connectivity index (χ0) is 14.5. The highest BCUT2D eigenvalue weighted by atomic mass is 19.2. The normalized spacial score (nSPS) is 12.6. The predicted molar refractivity (Wildman–Crippen MR) is 72.7 cm³/mol. The molecule has 0 aliphatic carbocycles. The lowest BCUT2D eigenvalue weighted by Gasteiger charge is -2.16. The third-order valence-corrected chi connectivity index (χ3v) is 3.37. The maximum Gasteiger partial charge on any atom is 0.159 e. The molecule has 0 amide bonds. The van der Waals surface area contributed by atoms with Crippen molar-refractivity contribution in [2.75, 3.05) is 0 Å². The topological polar surface area (TPSA) is 55.9 Å². The molecule has 0 bridgehead atoms. The molecule has 0 fully saturated rings. The van der Waals surface area contributed by atoms with Gasteiger partial charge in [0.05, 0.1) is 0 Å². The van der Waals surface area contributed by atoms with Gasteiger partial charge in [0.1, 0.15) is 0 Å². The van der Waals surface area contributed by atoms with Crippen LogP contribution in [-0.2, 0) is 19.9 Å². The molecule has 3 N–H and O–H groups in total. The van der Waals surface area contributed by atoms with Crippen molar-refractivity contribution in [3.63, 3.8) is 0 Å². The van der Waals surface area contributed by atoms with Crippen molar-refractivity contribution in [2.24, 2.45) is 12.9 Å². The van der Waals surface area contributed by atoms with Crippen molar-refractivity contribution in [2.45, 2.75) is 25.3 Å². The van der Waals surface area contributed by atoms with Crippen LogP contribution >= 0.6 is 0 Å². The SMILES string of the molecule is Cn1nccc1CCC(Cc1ccc(F)c(F)c1)NN. The molecule has 1 heterocycles. The number of halogens is 2. The molecule has 1 aromatic carbocycles. The van der Waals surface area contributed by atoms with Gasteiger partial charge >= 0.3 is 0 Å². The molecule has 1 atom stereocenters. The largest absolute Gasteiger partial charge is 0.273 e. The van der Waals surface area contributed by atoms with Crippen molar-refractivity contribution in [1.82, 2.24) is 15.2 Å². The molecule has 1 aromatic heterocycles. The highest BCUT2D eigenvalue weighted by Gasteiger charge is 2.11. The minimum absolute atomic E-state index is 0.00485. The summed E-state index contributed by atoms with van der Waals surface area (Å²) in [5.41, 5.74) is 4.55. The Morgan fingerprint density at radius 1 is 1.30 bits per heavy atom. The van der Waals surface area contributed by atoms with E-state index in [9.17, 15) is 8.78 Å². The Morgan fingerprint density at radius 2 is 2.10 bits per heavy atom. The summed E-state index contributed by atoms with van der Waals surface area (Å²) >= 11 is 0. The first-order chi connectivity index (χ1) is 9.60. The fourth-order valence-corrected chi connectivity index (χ4v) is 2.16. The van der Waals surface area contributed by atoms with Gasteiger partial charge in [-0.2, -0.15) is 5.10 Å². The van der Waals surface area contributed by atoms with Crippen molar-refractivity contribution in [3.05, 3.63) is 53.4 Å². The first kappa shape index (κ1) is 14.6. The average molecular weight is 280 g/mol. The minimum Gasteiger partial charge on any atom is -0.273 e. The van der Waals surface area contributed by atoms with Crippen LogP contribution in [0.5, 0.6) is 0 Å². The standard InChI is InChI=1S/C14H18F2N4/c1-20-12(6-7-18-20)4-3-11(19-17)8-10-2-5-13(15)14(16)9-10/h2,5-7,9,11,19H,3-4,8,17H2,1H3. The first-order valence-electron chi connectivity index (χ1n) is 6.47. The van der Waals surface area contributed by atoms with Crippen LogP contribution in [0, 0.1) is 11.6 Å². The second-order valence-corrected chi connectivity index (χ2v) is 4.80. The second-order valence-electron chi connectivity index (χ2n) is 4.80. The van der Waals surface area contributed by atoms with Gasteiger partial charge in [0.25, 0.3) is 0 Å². The van der Waals surface area contributed by atoms with Gasteiger partial charge in [-0.3, -0.25) is 16.0 Å². The first-order valence-corrected chi connectivity index (χ1v) is 6.47. The molecule has 0 aliphatic heterocycles. The van der Waals surface area contributed by atoms with Crippen molar-refractivity contribution < 1.29 is 8.78 Å². The van der Waals surface area contributed by atoms with Crippen molar-refractivity contribution in [3.8, 4) is 0 Å². The third kappa shape index (κ3) is 3.61. The molecule has 0 saturated heterocycles. The van der Waals surface area contributed by atoms with E-state index in [1.54, 1.807) is 12.3 Å². The van der Waals surface area contributed by atoms with Gasteiger partial charge in [-0.05, 0) is 43.0 Å². The number of hydrogen-bond acceptors (Lipinski definition) is 3. The summed E-state index contributed by atoms with van der Waals surface area (Å²) in [5, 5.41) is 4.10. The molecule has 0 radical (unpaired) electrons. The van der Waals surface area contributed by atoms with Crippen molar-refractivity contribution >= 4 is 0 Å². The van der Waals surface area contributed by atoms with Gasteiger partial charge in [0.15, 0.2) is 11.6 Å². The lowest BCUT2D eigenvalue weighted by molar-refractivity contribution is 0.477. The molecule has 4 nitrogen and oxygen atoms in total. The van der Waals surface area contributed by atoms with E-state index >= 15 is 0 Å². The fraction of sp³-hybridized carbons (Fsp3) is 0.357. The van der Waals surface area contributed by atoms with E-state index in [2.05, 4.69) is 10.5 Å². The number of nitrogens with two attached hydrogens (primary N) is 1. The molecule has 0 aliphatic rings. The lowest BCUT2D eigenvalue weighted by atomic mass is 10.0. The second kappa shape index (κ2) is 6.58. The number of hydrogen-bond donors (Lipinski definition) is 2. The molecule has 108 valence electrons. The summed E-state index contributed by atoms with van der Waals surface area (Å²) in [6.07, 6.45) is 3.89. The van der Waals surface area contributed by atoms with Crippen molar-refractivity contribution in [1.29, 1.82) is 0 Å². The van der Waals surface area contributed by atoms with E-state index in [1.165, 1.54) is 6.07 Å². The number of aromatic nitrogens is 2. The van der Waals surface area contributed by atoms with Crippen LogP contribution in [0.3, 0.4) is 0 Å². The average Bonchev–Trinajstić information content (AvgIpc) is 2.84. The Bertz CT molecular complexity index is 568. The molecule has 2 aromatic rings. The summed E-state index contributed by atoms with van der Waals surface area (Å²) in [7, 11) is 1.88. The Balaban J connectivity index is 1.95. The smallest absolute Gasteiger partial charge is 0.159 e. The summed E-state index contributed by atoms with van der Waals surface area (Å²) in [4.78, 5) is 0. The Labute approximate surface area is 116 Å². The number of nitrogens with zero attached hydrogens (tertiary/aromatic N) is 2. The molecule has 2 rings (SSSR count). The number of rotatable bonds is 6. The Kier molecular flexibility index (Phi) is 4.81. The summed E-state index contributed by atoms with van der Waals surface area (Å²) in [6, 6.07) is 5.87. The van der Waals surface area contributed by atoms with Crippen LogP contribution < -0.4 is 11.3 Å². The van der Waals surface area contributed by atoms with E-state index in [0.717, 1.165) is 30.2 Å². The summed E-state index contributed by atoms with van der Waals surface area (Å²) in [6.45, 7) is 0. The number of hydrazine groups is 1. The quantitative estimate of drug-likeness (QED) is 0.625. The van der Waals surface area contributed by atoms with E-state index in [1.807, 2.05) is 17.8 Å². The number of benzene rings is 1. The van der Waals surface area contributed by atoms with E-state index < -0.39 is 11.6 Å².